The third-order valence-electron chi connectivity index (χ3n) is 0.936. The molecule has 0 saturated carbocycles. The summed E-state index contributed by atoms with van der Waals surface area (Å²) in [6.07, 6.45) is 0. The molecule has 0 spiro atoms. The molecule has 3 N–H and O–H groups in total. The maximum atomic E-state index is 11.0. The van der Waals surface area contributed by atoms with Crippen molar-refractivity contribution >= 4 is 23.5 Å². The normalized spacial score (nSPS) is 23.1. The van der Waals surface area contributed by atoms with Crippen molar-refractivity contribution in [3.8, 4) is 0 Å². The molecular weight excluding hydrogens is 289 g/mol. The van der Waals surface area contributed by atoms with Crippen LogP contribution in [0.2, 0.25) is 0 Å². The van der Waals surface area contributed by atoms with Crippen LogP contribution in [0.3, 0.4) is 0 Å². The van der Waals surface area contributed by atoms with E-state index in [1.807, 2.05) is 0 Å². The summed E-state index contributed by atoms with van der Waals surface area (Å²) in [7, 11) is -14.2. The Bertz CT molecular complexity index is 362. The van der Waals surface area contributed by atoms with Crippen LogP contribution < -0.4 is 0 Å². The van der Waals surface area contributed by atoms with E-state index in [-0.39, 0.29) is 6.61 Å². The predicted molar refractivity (Wildman–Crippen MR) is 50.3 cm³/mol. The first-order chi connectivity index (χ1) is 7.04. The molecule has 10 nitrogen and oxygen atoms in total. The van der Waals surface area contributed by atoms with Gasteiger partial charge in [0.1, 0.15) is 0 Å². The third-order valence-corrected chi connectivity index (χ3v) is 5.28. The Morgan fingerprint density at radius 1 is 0.938 bits per heavy atom. The molecule has 3 unspecified atom stereocenters. The Kier molecular flexibility index (Phi) is 5.99. The van der Waals surface area contributed by atoms with Gasteiger partial charge >= 0.3 is 23.5 Å². The molecule has 0 aromatic heterocycles. The van der Waals surface area contributed by atoms with E-state index in [1.54, 1.807) is 0 Å². The van der Waals surface area contributed by atoms with E-state index in [0.29, 0.717) is 0 Å². The molecule has 0 radical (unpaired) electrons. The molecule has 0 aliphatic heterocycles. The van der Waals surface area contributed by atoms with Crippen molar-refractivity contribution in [2.24, 2.45) is 0 Å². The van der Waals surface area contributed by atoms with Crippen LogP contribution >= 0.6 is 23.5 Å². The van der Waals surface area contributed by atoms with E-state index in [1.165, 1.54) is 6.92 Å². The summed E-state index contributed by atoms with van der Waals surface area (Å²) >= 11 is 0. The Hall–Kier alpha value is 0.410. The highest BCUT2D eigenvalue weighted by molar-refractivity contribution is 7.66. The zero-order valence-corrected chi connectivity index (χ0v) is 10.9. The molecule has 0 heterocycles. The van der Waals surface area contributed by atoms with Gasteiger partial charge in [-0.15, -0.1) is 0 Å². The van der Waals surface area contributed by atoms with Crippen molar-refractivity contribution in [2.75, 3.05) is 13.7 Å². The quantitative estimate of drug-likeness (QED) is 0.581. The highest BCUT2D eigenvalue weighted by Gasteiger charge is 2.41. The molecule has 0 amide bonds. The summed E-state index contributed by atoms with van der Waals surface area (Å²) in [5.41, 5.74) is 0. The lowest BCUT2D eigenvalue weighted by Crippen LogP contribution is -1.97. The second-order valence-electron chi connectivity index (χ2n) is 2.17. The highest BCUT2D eigenvalue weighted by atomic mass is 31.3. The number of phosphoric ester groups is 2. The molecule has 0 bridgehead atoms. The molecule has 98 valence electrons. The van der Waals surface area contributed by atoms with Crippen molar-refractivity contribution in [1.82, 2.24) is 0 Å². The molecule has 0 aliphatic carbocycles. The molecule has 0 aliphatic rings. The van der Waals surface area contributed by atoms with Gasteiger partial charge in [0.05, 0.1) is 6.61 Å². The van der Waals surface area contributed by atoms with Crippen LogP contribution in [0.1, 0.15) is 6.92 Å². The Morgan fingerprint density at radius 2 is 1.38 bits per heavy atom. The first-order valence-corrected chi connectivity index (χ1v) is 8.13. The minimum absolute atomic E-state index is 0.283. The van der Waals surface area contributed by atoms with Crippen molar-refractivity contribution in [1.29, 1.82) is 0 Å². The Balaban J connectivity index is 4.65. The van der Waals surface area contributed by atoms with Crippen LogP contribution in [0.15, 0.2) is 0 Å². The maximum Gasteiger partial charge on any atom is 0.490 e. The van der Waals surface area contributed by atoms with Gasteiger partial charge in [0.15, 0.2) is 0 Å². The largest absolute Gasteiger partial charge is 0.490 e. The first kappa shape index (κ1) is 16.4. The van der Waals surface area contributed by atoms with Crippen LogP contribution in [-0.2, 0) is 31.4 Å². The molecule has 0 fully saturated rings. The van der Waals surface area contributed by atoms with Gasteiger partial charge in [-0.1, -0.05) is 0 Å². The van der Waals surface area contributed by atoms with Crippen LogP contribution in [0.5, 0.6) is 0 Å². The fourth-order valence-electron chi connectivity index (χ4n) is 0.496. The predicted octanol–water partition coefficient (Wildman–Crippen LogP) is 1.00. The van der Waals surface area contributed by atoms with E-state index >= 15 is 0 Å². The van der Waals surface area contributed by atoms with Gasteiger partial charge in [-0.05, 0) is 6.92 Å². The summed E-state index contributed by atoms with van der Waals surface area (Å²) in [6.45, 7) is 1.04. The van der Waals surface area contributed by atoms with Gasteiger partial charge < -0.3 is 14.7 Å². The van der Waals surface area contributed by atoms with E-state index in [2.05, 4.69) is 17.7 Å². The summed E-state index contributed by atoms with van der Waals surface area (Å²) in [6, 6.07) is 0. The average Bonchev–Trinajstić information content (AvgIpc) is 1.99. The molecule has 0 aromatic carbocycles. The first-order valence-electron chi connectivity index (χ1n) is 3.65. The second kappa shape index (κ2) is 5.84. The smallest absolute Gasteiger partial charge is 0.302 e. The number of rotatable bonds is 7. The van der Waals surface area contributed by atoms with Crippen LogP contribution in [0.25, 0.3) is 0 Å². The molecule has 13 heteroatoms. The number of hydrogen-bond donors (Lipinski definition) is 3. The van der Waals surface area contributed by atoms with Gasteiger partial charge in [0, 0.05) is 7.11 Å². The molecule has 3 atom stereocenters. The van der Waals surface area contributed by atoms with E-state index < -0.39 is 23.5 Å². The third kappa shape index (κ3) is 6.88. The van der Waals surface area contributed by atoms with Gasteiger partial charge in [0.25, 0.3) is 0 Å². The molecule has 0 aromatic rings. The van der Waals surface area contributed by atoms with Gasteiger partial charge in [-0.2, -0.15) is 8.62 Å². The van der Waals surface area contributed by atoms with Crippen LogP contribution in [-0.4, -0.2) is 28.4 Å². The van der Waals surface area contributed by atoms with Crippen LogP contribution in [0, 0.1) is 0 Å². The second-order valence-corrected chi connectivity index (χ2v) is 6.91. The van der Waals surface area contributed by atoms with Gasteiger partial charge in [0.2, 0.25) is 0 Å². The Labute approximate surface area is 91.0 Å². The van der Waals surface area contributed by atoms with E-state index in [0.717, 1.165) is 7.11 Å². The van der Waals surface area contributed by atoms with Crippen molar-refractivity contribution in [3.05, 3.63) is 0 Å². The zero-order chi connectivity index (χ0) is 13.0. The monoisotopic (exact) mass is 300 g/mol. The lowest BCUT2D eigenvalue weighted by molar-refractivity contribution is 0.171. The van der Waals surface area contributed by atoms with Gasteiger partial charge in [-0.25, -0.2) is 13.7 Å². The fraction of sp³-hybridized carbons (Fsp3) is 1.00. The lowest BCUT2D eigenvalue weighted by atomic mass is 10.9. The van der Waals surface area contributed by atoms with Crippen molar-refractivity contribution < 1.29 is 46.0 Å². The lowest BCUT2D eigenvalue weighted by Gasteiger charge is -2.16. The Morgan fingerprint density at radius 3 is 1.75 bits per heavy atom. The average molecular weight is 300 g/mol. The minimum Gasteiger partial charge on any atom is -0.302 e. The standard InChI is InChI=1S/C3H11O10P3/c1-3-11-15(6,7)13-16(8,9)12-14(4,5)10-2/h3H2,1-2H3,(H,4,5)(H,6,7)(H,8,9). The molecule has 0 rings (SSSR count). The highest BCUT2D eigenvalue weighted by Crippen LogP contribution is 2.67. The topological polar surface area (TPSA) is 149 Å². The van der Waals surface area contributed by atoms with E-state index in [9.17, 15) is 13.7 Å². The molecule has 0 saturated heterocycles. The molecular formula is C3H11O10P3. The number of phosphoric acid groups is 3. The zero-order valence-electron chi connectivity index (χ0n) is 8.25. The summed E-state index contributed by atoms with van der Waals surface area (Å²) in [5.74, 6) is 0. The molecule has 16 heavy (non-hydrogen) atoms. The van der Waals surface area contributed by atoms with Crippen molar-refractivity contribution in [2.45, 2.75) is 6.92 Å². The fourth-order valence-corrected chi connectivity index (χ4v) is 3.75. The minimum atomic E-state index is -5.26. The SMILES string of the molecule is CCOP(=O)(O)OP(=O)(O)OP(=O)(O)OC. The number of hydrogen-bond acceptors (Lipinski definition) is 7. The maximum absolute atomic E-state index is 11.0. The van der Waals surface area contributed by atoms with Gasteiger partial charge in [-0.3, -0.25) is 9.05 Å². The summed E-state index contributed by atoms with van der Waals surface area (Å²) in [4.78, 5) is 26.3. The van der Waals surface area contributed by atoms with Crippen LogP contribution in [0.4, 0.5) is 0 Å². The van der Waals surface area contributed by atoms with Crippen molar-refractivity contribution in [3.63, 3.8) is 0 Å². The summed E-state index contributed by atoms with van der Waals surface area (Å²) in [5, 5.41) is 0. The van der Waals surface area contributed by atoms with E-state index in [4.69, 9.17) is 14.7 Å². The summed E-state index contributed by atoms with van der Waals surface area (Å²) < 4.78 is 47.8.